The molecule has 0 saturated heterocycles. The number of ether oxygens (including phenoxy) is 1. The maximum atomic E-state index is 14.9. The van der Waals surface area contributed by atoms with Crippen molar-refractivity contribution in [1.82, 2.24) is 0 Å². The number of aliphatic hydroxyl groups excluding tert-OH is 1. The van der Waals surface area contributed by atoms with Crippen LogP contribution >= 0.6 is 7.14 Å². The molecular formula is C29H33EuF6O4P. The number of halogens is 6. The van der Waals surface area contributed by atoms with Crippen molar-refractivity contribution in [2.24, 2.45) is 0 Å². The van der Waals surface area contributed by atoms with Crippen LogP contribution in [0.3, 0.4) is 0 Å². The fraction of sp³-hybridized carbons (Fsp3) is 0.483. The molecule has 0 bridgehead atoms. The van der Waals surface area contributed by atoms with Crippen molar-refractivity contribution in [2.45, 2.75) is 87.9 Å². The van der Waals surface area contributed by atoms with Gasteiger partial charge in [-0.2, -0.15) is 26.3 Å². The van der Waals surface area contributed by atoms with Crippen molar-refractivity contribution in [1.29, 1.82) is 0 Å². The maximum Gasteiger partial charge on any atom is 0.454 e. The number of carbonyl (C=O) groups excluding carboxylic acids is 1. The second kappa shape index (κ2) is 16.1. The molecular weight excluding hydrogens is 709 g/mol. The fourth-order valence-corrected chi connectivity index (χ4v) is 9.79. The zero-order valence-electron chi connectivity index (χ0n) is 22.3. The molecule has 0 spiro atoms. The minimum atomic E-state index is -5.42. The molecule has 0 unspecified atom stereocenters. The molecule has 2 fully saturated rings. The molecule has 0 heterocycles. The summed E-state index contributed by atoms with van der Waals surface area (Å²) in [6.07, 6.45) is 0.285. The van der Waals surface area contributed by atoms with Gasteiger partial charge in [0.05, 0.1) is 5.30 Å². The smallest absolute Gasteiger partial charge is 0.454 e. The number of ketones is 1. The van der Waals surface area contributed by atoms with E-state index in [4.69, 9.17) is 9.84 Å². The van der Waals surface area contributed by atoms with Gasteiger partial charge < -0.3 is 14.4 Å². The number of hydrogen-bond donors (Lipinski definition) is 1. The van der Waals surface area contributed by atoms with Crippen molar-refractivity contribution in [3.8, 4) is 11.5 Å². The van der Waals surface area contributed by atoms with Crippen LogP contribution in [0.4, 0.5) is 26.3 Å². The zero-order valence-corrected chi connectivity index (χ0v) is 25.6. The zero-order chi connectivity index (χ0) is 29.4. The third-order valence-corrected chi connectivity index (χ3v) is 11.6. The van der Waals surface area contributed by atoms with Crippen molar-refractivity contribution in [2.75, 3.05) is 0 Å². The van der Waals surface area contributed by atoms with Crippen LogP contribution in [0, 0.1) is 49.4 Å². The summed E-state index contributed by atoms with van der Waals surface area (Å²) in [5, 5.41) is 8.94. The molecule has 2 aliphatic carbocycles. The van der Waals surface area contributed by atoms with Crippen molar-refractivity contribution >= 4 is 18.2 Å². The molecule has 227 valence electrons. The van der Waals surface area contributed by atoms with Gasteiger partial charge in [-0.1, -0.05) is 68.9 Å². The van der Waals surface area contributed by atoms with E-state index in [9.17, 15) is 35.7 Å². The molecule has 12 heteroatoms. The van der Waals surface area contributed by atoms with Gasteiger partial charge in [0.15, 0.2) is 0 Å². The van der Waals surface area contributed by atoms with Crippen LogP contribution in [0.15, 0.2) is 66.4 Å². The van der Waals surface area contributed by atoms with E-state index in [0.29, 0.717) is 11.3 Å². The molecule has 2 aliphatic rings. The van der Waals surface area contributed by atoms with Crippen LogP contribution in [-0.4, -0.2) is 34.6 Å². The van der Waals surface area contributed by atoms with Crippen LogP contribution in [0.2, 0.25) is 0 Å². The summed E-state index contributed by atoms with van der Waals surface area (Å²) in [4.78, 5) is 9.86. The van der Waals surface area contributed by atoms with Crippen LogP contribution in [0.25, 0.3) is 0 Å². The second-order valence-electron chi connectivity index (χ2n) is 10.1. The number of alkyl halides is 6. The van der Waals surface area contributed by atoms with Crippen LogP contribution in [0.1, 0.15) is 64.2 Å². The maximum absolute atomic E-state index is 14.9. The molecule has 0 aliphatic heterocycles. The Balaban J connectivity index is 0.000000360. The first kappa shape index (κ1) is 36.0. The standard InChI is InChI=1S/C24H31O2P.C5H2F6O2.Eu/c25-27(21-14-6-2-7-15-21,22-16-8-3-9-17-22)24-19-11-10-18-23(24)26-20-12-4-1-5-13-20;6-4(7,8)2(12)1-3(13)5(9,10)11;/h1,4-5,10-13,18-19,21-22H,2-3,6-9,14-17H2;1,12H;. The first-order valence-corrected chi connectivity index (χ1v) is 15.2. The molecule has 1 radical (unpaired) electrons. The molecule has 0 amide bonds. The first-order chi connectivity index (χ1) is 18.8. The van der Waals surface area contributed by atoms with Crippen LogP contribution in [0.5, 0.6) is 11.5 Å². The van der Waals surface area contributed by atoms with Gasteiger partial charge in [-0.15, -0.1) is 0 Å². The predicted octanol–water partition coefficient (Wildman–Crippen LogP) is 9.25. The number of allylic oxidation sites excluding steroid dienone is 2. The molecule has 2 aromatic carbocycles. The minimum Gasteiger partial charge on any atom is -0.504 e. The summed E-state index contributed by atoms with van der Waals surface area (Å²) in [6.45, 7) is 0. The Morgan fingerprint density at radius 1 is 0.756 bits per heavy atom. The van der Waals surface area contributed by atoms with Gasteiger partial charge in [0.2, 0.25) is 5.76 Å². The summed E-state index contributed by atoms with van der Waals surface area (Å²) in [5.74, 6) is -3.70. The molecule has 41 heavy (non-hydrogen) atoms. The van der Waals surface area contributed by atoms with Crippen LogP contribution in [-0.2, 0) is 9.36 Å². The number of carbonyl (C=O) groups is 1. The monoisotopic (exact) mass is 743 g/mol. The Hall–Kier alpha value is -1.16. The SMILES string of the molecule is O=C(C=C(O)C(F)(F)F)C(F)(F)F.O=P(c1ccccc1Oc1ccccc1)(C1CCCCC1)C1CCCCC1.[Eu]. The number of para-hydroxylation sites is 2. The van der Waals surface area contributed by atoms with E-state index in [1.165, 1.54) is 38.5 Å². The third-order valence-electron chi connectivity index (χ3n) is 7.28. The molecule has 2 aromatic rings. The van der Waals surface area contributed by atoms with Gasteiger partial charge >= 0.3 is 12.4 Å². The number of rotatable bonds is 6. The van der Waals surface area contributed by atoms with Crippen molar-refractivity contribution in [3.05, 3.63) is 66.4 Å². The Morgan fingerprint density at radius 2 is 1.22 bits per heavy atom. The van der Waals surface area contributed by atoms with Gasteiger partial charge in [-0.3, -0.25) is 4.79 Å². The summed E-state index contributed by atoms with van der Waals surface area (Å²) in [7, 11) is -2.52. The van der Waals surface area contributed by atoms with E-state index in [1.54, 1.807) is 0 Å². The first-order valence-electron chi connectivity index (χ1n) is 13.3. The van der Waals surface area contributed by atoms with Gasteiger partial charge in [0, 0.05) is 66.8 Å². The van der Waals surface area contributed by atoms with E-state index in [-0.39, 0.29) is 49.4 Å². The van der Waals surface area contributed by atoms with Gasteiger partial charge in [-0.05, 0) is 49.9 Å². The Morgan fingerprint density at radius 3 is 1.68 bits per heavy atom. The topological polar surface area (TPSA) is 63.6 Å². The number of benzene rings is 2. The fourth-order valence-electron chi connectivity index (χ4n) is 5.36. The molecule has 2 saturated carbocycles. The Kier molecular flexibility index (Phi) is 14.1. The van der Waals surface area contributed by atoms with Gasteiger partial charge in [0.1, 0.15) is 18.6 Å². The van der Waals surface area contributed by atoms with E-state index < -0.39 is 37.1 Å². The summed E-state index contributed by atoms with van der Waals surface area (Å²) < 4.78 is 89.2. The summed E-state index contributed by atoms with van der Waals surface area (Å²) in [6, 6.07) is 18.1. The quantitative estimate of drug-likeness (QED) is 0.139. The number of hydrogen-bond acceptors (Lipinski definition) is 4. The molecule has 0 atom stereocenters. The molecule has 0 aromatic heterocycles. The summed E-state index contributed by atoms with van der Waals surface area (Å²) >= 11 is 0. The van der Waals surface area contributed by atoms with Crippen molar-refractivity contribution < 1.29 is 94.9 Å². The largest absolute Gasteiger partial charge is 0.504 e. The molecule has 4 nitrogen and oxygen atoms in total. The number of aliphatic hydroxyl groups is 1. The minimum absolute atomic E-state index is 0. The van der Waals surface area contributed by atoms with Gasteiger partial charge in [-0.25, -0.2) is 0 Å². The molecule has 1 N–H and O–H groups in total. The average Bonchev–Trinajstić information content (AvgIpc) is 2.94. The van der Waals surface area contributed by atoms with Crippen LogP contribution < -0.4 is 10.0 Å². The molecule has 4 rings (SSSR count). The van der Waals surface area contributed by atoms with E-state index in [1.807, 2.05) is 48.5 Å². The Bertz CT molecular complexity index is 1170. The Labute approximate surface area is 276 Å². The van der Waals surface area contributed by atoms with E-state index >= 15 is 0 Å². The van der Waals surface area contributed by atoms with E-state index in [2.05, 4.69) is 6.07 Å². The third kappa shape index (κ3) is 10.2. The normalized spacial score (nSPS) is 17.6. The predicted molar refractivity (Wildman–Crippen MR) is 142 cm³/mol. The van der Waals surface area contributed by atoms with Gasteiger partial charge in [0.25, 0.3) is 5.78 Å². The summed E-state index contributed by atoms with van der Waals surface area (Å²) in [5.41, 5.74) is 0.685. The average molecular weight is 743 g/mol. The second-order valence-corrected chi connectivity index (χ2v) is 13.4. The van der Waals surface area contributed by atoms with E-state index in [0.717, 1.165) is 42.5 Å². The van der Waals surface area contributed by atoms with Crippen molar-refractivity contribution in [3.63, 3.8) is 0 Å².